The molecule has 0 unspecified atom stereocenters. The molecular formula is C50H58N4O9. The van der Waals surface area contributed by atoms with Crippen molar-refractivity contribution < 1.29 is 42.9 Å². The van der Waals surface area contributed by atoms with Crippen LogP contribution >= 0.6 is 0 Å². The van der Waals surface area contributed by atoms with Gasteiger partial charge in [-0.3, -0.25) is 19.4 Å². The highest BCUT2D eigenvalue weighted by Crippen LogP contribution is 2.32. The largest absolute Gasteiger partial charge is 0.445 e. The van der Waals surface area contributed by atoms with Gasteiger partial charge in [0.25, 0.3) is 0 Å². The number of amides is 4. The molecule has 0 aromatic heterocycles. The maximum Gasteiger partial charge on any atom is 0.410 e. The standard InChI is InChI=1S/C50H58N4O9/c55-47(51-43-23-11-19-37-17-7-9-21-41(37)43)45-29-39(31-53(45)49(57)62-33-35-13-3-1-4-14-35)60-27-25-59-26-28-61-40-30-46(54(32-40)50(58)63-34-36-15-5-2-6-16-36)48(56)52-44-24-12-20-38-18-8-10-22-42(38)44/h1-10,13-18,21-22,39-40,43-46H,11-12,19-20,23-34H2,(H,51,55)(H,52,56)/t39-,40-,43+,44+,45-,46-/m0/s1. The van der Waals surface area contributed by atoms with Gasteiger partial charge in [-0.05, 0) is 71.9 Å². The first kappa shape index (κ1) is 43.9. The molecular weight excluding hydrogens is 801 g/mol. The zero-order chi connectivity index (χ0) is 43.4. The highest BCUT2D eigenvalue weighted by molar-refractivity contribution is 5.87. The van der Waals surface area contributed by atoms with Crippen LogP contribution in [0.1, 0.15) is 84.0 Å². The molecule has 13 heteroatoms. The van der Waals surface area contributed by atoms with Gasteiger partial charge in [0.1, 0.15) is 25.3 Å². The molecule has 0 radical (unpaired) electrons. The molecule has 4 aromatic carbocycles. The Balaban J connectivity index is 0.810. The van der Waals surface area contributed by atoms with Crippen molar-refractivity contribution in [2.24, 2.45) is 0 Å². The van der Waals surface area contributed by atoms with Crippen molar-refractivity contribution in [2.75, 3.05) is 39.5 Å². The Labute approximate surface area is 369 Å². The van der Waals surface area contributed by atoms with Crippen molar-refractivity contribution in [2.45, 2.75) is 101 Å². The second kappa shape index (κ2) is 21.5. The number of fused-ring (bicyclic) bond motifs is 2. The molecule has 4 aliphatic rings. The summed E-state index contributed by atoms with van der Waals surface area (Å²) < 4.78 is 29.6. The van der Waals surface area contributed by atoms with Gasteiger partial charge in [0.05, 0.1) is 63.8 Å². The van der Waals surface area contributed by atoms with Gasteiger partial charge in [-0.2, -0.15) is 0 Å². The normalized spacial score (nSPS) is 22.7. The molecule has 4 aromatic rings. The Kier molecular flexibility index (Phi) is 15.0. The summed E-state index contributed by atoms with van der Waals surface area (Å²) in [7, 11) is 0. The average Bonchev–Trinajstić information content (AvgIpc) is 3.96. The van der Waals surface area contributed by atoms with Gasteiger partial charge in [0.2, 0.25) is 11.8 Å². The molecule has 2 aliphatic heterocycles. The summed E-state index contributed by atoms with van der Waals surface area (Å²) in [5.74, 6) is -0.441. The van der Waals surface area contributed by atoms with Crippen molar-refractivity contribution in [3.8, 4) is 0 Å². The minimum Gasteiger partial charge on any atom is -0.445 e. The third-order valence-corrected chi connectivity index (χ3v) is 12.5. The molecule has 0 spiro atoms. The van der Waals surface area contributed by atoms with E-state index >= 15 is 0 Å². The second-order valence-electron chi connectivity index (χ2n) is 16.8. The molecule has 13 nitrogen and oxygen atoms in total. The van der Waals surface area contributed by atoms with Crippen molar-refractivity contribution in [3.05, 3.63) is 143 Å². The zero-order valence-electron chi connectivity index (χ0n) is 35.7. The smallest absolute Gasteiger partial charge is 0.410 e. The lowest BCUT2D eigenvalue weighted by atomic mass is 9.87. The third-order valence-electron chi connectivity index (χ3n) is 12.5. The number of ether oxygens (including phenoxy) is 5. The van der Waals surface area contributed by atoms with E-state index in [2.05, 4.69) is 34.9 Å². The molecule has 2 heterocycles. The van der Waals surface area contributed by atoms with E-state index in [1.165, 1.54) is 20.9 Å². The number of carbonyl (C=O) groups is 4. The lowest BCUT2D eigenvalue weighted by Gasteiger charge is -2.29. The maximum absolute atomic E-state index is 13.9. The monoisotopic (exact) mass is 858 g/mol. The highest BCUT2D eigenvalue weighted by Gasteiger charge is 2.43. The molecule has 8 rings (SSSR count). The first-order valence-corrected chi connectivity index (χ1v) is 22.4. The van der Waals surface area contributed by atoms with Crippen LogP contribution in [0.2, 0.25) is 0 Å². The Morgan fingerprint density at radius 2 is 0.937 bits per heavy atom. The second-order valence-corrected chi connectivity index (χ2v) is 16.8. The number of nitrogens with one attached hydrogen (secondary N) is 2. The predicted octanol–water partition coefficient (Wildman–Crippen LogP) is 6.98. The van der Waals surface area contributed by atoms with E-state index in [0.717, 1.165) is 60.8 Å². The van der Waals surface area contributed by atoms with E-state index in [1.54, 1.807) is 0 Å². The van der Waals surface area contributed by atoms with Gasteiger partial charge < -0.3 is 34.3 Å². The van der Waals surface area contributed by atoms with Crippen molar-refractivity contribution >= 4 is 24.0 Å². The van der Waals surface area contributed by atoms with Gasteiger partial charge in [0, 0.05) is 12.8 Å². The number of nitrogens with zero attached hydrogens (tertiary/aromatic N) is 2. The van der Waals surface area contributed by atoms with E-state index < -0.39 is 24.3 Å². The van der Waals surface area contributed by atoms with Crippen LogP contribution < -0.4 is 10.6 Å². The summed E-state index contributed by atoms with van der Waals surface area (Å²) in [6, 6.07) is 33.6. The molecule has 2 fully saturated rings. The molecule has 0 saturated carbocycles. The summed E-state index contributed by atoms with van der Waals surface area (Å²) in [5, 5.41) is 6.46. The number of carbonyl (C=O) groups excluding carboxylic acids is 4. The van der Waals surface area contributed by atoms with Crippen molar-refractivity contribution in [1.29, 1.82) is 0 Å². The van der Waals surface area contributed by atoms with Crippen LogP contribution in [0.4, 0.5) is 9.59 Å². The topological polar surface area (TPSA) is 145 Å². The predicted molar refractivity (Wildman–Crippen MR) is 234 cm³/mol. The van der Waals surface area contributed by atoms with Gasteiger partial charge in [-0.15, -0.1) is 0 Å². The molecule has 0 bridgehead atoms. The Hall–Kier alpha value is -5.76. The molecule has 63 heavy (non-hydrogen) atoms. The number of hydrogen-bond acceptors (Lipinski definition) is 9. The number of rotatable bonds is 16. The van der Waals surface area contributed by atoms with E-state index in [9.17, 15) is 19.2 Å². The summed E-state index contributed by atoms with van der Waals surface area (Å²) in [5.41, 5.74) is 6.45. The lowest BCUT2D eigenvalue weighted by Crippen LogP contribution is -2.47. The van der Waals surface area contributed by atoms with Crippen LogP contribution in [0.5, 0.6) is 0 Å². The number of benzene rings is 4. The van der Waals surface area contributed by atoms with Crippen molar-refractivity contribution in [1.82, 2.24) is 20.4 Å². The van der Waals surface area contributed by atoms with Gasteiger partial charge in [0.15, 0.2) is 0 Å². The van der Waals surface area contributed by atoms with E-state index in [4.69, 9.17) is 23.7 Å². The molecule has 2 N–H and O–H groups in total. The van der Waals surface area contributed by atoms with Gasteiger partial charge >= 0.3 is 12.2 Å². The number of aryl methyl sites for hydroxylation is 2. The number of hydrogen-bond donors (Lipinski definition) is 2. The molecule has 2 saturated heterocycles. The third kappa shape index (κ3) is 11.4. The van der Waals surface area contributed by atoms with Crippen LogP contribution in [0.3, 0.4) is 0 Å². The summed E-state index contributed by atoms with van der Waals surface area (Å²) >= 11 is 0. The Morgan fingerprint density at radius 3 is 1.38 bits per heavy atom. The fraction of sp³-hybridized carbons (Fsp3) is 0.440. The molecule has 4 amide bonds. The fourth-order valence-corrected chi connectivity index (χ4v) is 9.33. The van der Waals surface area contributed by atoms with E-state index in [1.807, 2.05) is 84.9 Å². The van der Waals surface area contributed by atoms with Crippen LogP contribution in [0.15, 0.2) is 109 Å². The Morgan fingerprint density at radius 1 is 0.524 bits per heavy atom. The highest BCUT2D eigenvalue weighted by atomic mass is 16.6. The quantitative estimate of drug-likeness (QED) is 0.114. The van der Waals surface area contributed by atoms with E-state index in [-0.39, 0.29) is 88.8 Å². The number of likely N-dealkylation sites (tertiary alicyclic amines) is 2. The first-order chi connectivity index (χ1) is 30.9. The van der Waals surface area contributed by atoms with Crippen LogP contribution in [0, 0.1) is 0 Å². The molecule has 6 atom stereocenters. The molecule has 332 valence electrons. The molecule has 2 aliphatic carbocycles. The van der Waals surface area contributed by atoms with Crippen molar-refractivity contribution in [3.63, 3.8) is 0 Å². The fourth-order valence-electron chi connectivity index (χ4n) is 9.33. The van der Waals surface area contributed by atoms with Crippen LogP contribution in [0.25, 0.3) is 0 Å². The Bertz CT molecular complexity index is 2000. The lowest BCUT2D eigenvalue weighted by molar-refractivity contribution is -0.126. The summed E-state index contributed by atoms with van der Waals surface area (Å²) in [6.45, 7) is 1.66. The first-order valence-electron chi connectivity index (χ1n) is 22.4. The zero-order valence-corrected chi connectivity index (χ0v) is 35.7. The summed E-state index contributed by atoms with van der Waals surface area (Å²) in [4.78, 5) is 57.6. The van der Waals surface area contributed by atoms with E-state index in [0.29, 0.717) is 12.8 Å². The minimum atomic E-state index is -0.743. The summed E-state index contributed by atoms with van der Waals surface area (Å²) in [6.07, 6.45) is 4.35. The van der Waals surface area contributed by atoms with Crippen LogP contribution in [-0.2, 0) is 59.3 Å². The minimum absolute atomic E-state index is 0.0997. The van der Waals surface area contributed by atoms with Crippen LogP contribution in [-0.4, -0.2) is 97.6 Å². The maximum atomic E-state index is 13.9. The SMILES string of the molecule is O=C(N[C@@H]1CCCc2ccccc21)[C@@H]1C[C@H](OCCOCCO[C@H]2C[C@@H](C(=O)N[C@@H]3CCCc4ccccc43)N(C(=O)OCc3ccccc3)C2)CN1C(=O)OCc1ccccc1. The van der Waals surface area contributed by atoms with Gasteiger partial charge in [-0.25, -0.2) is 9.59 Å². The van der Waals surface area contributed by atoms with Gasteiger partial charge in [-0.1, -0.05) is 109 Å². The average molecular weight is 859 g/mol.